The molecule has 0 aliphatic carbocycles. The number of sulfonamides is 1. The first-order valence-electron chi connectivity index (χ1n) is 8.66. The zero-order chi connectivity index (χ0) is 21.5. The fourth-order valence-electron chi connectivity index (χ4n) is 3.27. The molecule has 0 atom stereocenters. The molecule has 2 aromatic carbocycles. The van der Waals surface area contributed by atoms with E-state index in [9.17, 15) is 8.42 Å². The number of benzene rings is 2. The average Bonchev–Trinajstić information content (AvgIpc) is 3.35. The standard InChI is InChI=1S/C19H17BrN4O5S/c1-27-14-6-11(10-24-5-3-4-22-24)7-15-17(14)18(23-29-15)13-8-12(20)9-16(19(13)28-2)30(21,25)26/h3-9H,10H2,1-2H3,(H2,21,25,26). The number of aromatic nitrogens is 3. The molecule has 0 radical (unpaired) electrons. The monoisotopic (exact) mass is 492 g/mol. The maximum Gasteiger partial charge on any atom is 0.241 e. The van der Waals surface area contributed by atoms with Gasteiger partial charge in [0.15, 0.2) is 5.58 Å². The van der Waals surface area contributed by atoms with Crippen LogP contribution in [-0.2, 0) is 16.6 Å². The normalized spacial score (nSPS) is 11.7. The lowest BCUT2D eigenvalue weighted by molar-refractivity contribution is 0.403. The molecule has 156 valence electrons. The van der Waals surface area contributed by atoms with Crippen molar-refractivity contribution in [1.29, 1.82) is 0 Å². The molecule has 4 aromatic rings. The van der Waals surface area contributed by atoms with Gasteiger partial charge in [0.1, 0.15) is 22.1 Å². The Balaban J connectivity index is 1.94. The van der Waals surface area contributed by atoms with Gasteiger partial charge in [-0.2, -0.15) is 5.10 Å². The first kappa shape index (κ1) is 20.4. The van der Waals surface area contributed by atoms with Crippen LogP contribution in [0.5, 0.6) is 11.5 Å². The largest absolute Gasteiger partial charge is 0.496 e. The summed E-state index contributed by atoms with van der Waals surface area (Å²) in [6, 6.07) is 8.59. The summed E-state index contributed by atoms with van der Waals surface area (Å²) in [5, 5.41) is 14.3. The van der Waals surface area contributed by atoms with Gasteiger partial charge >= 0.3 is 0 Å². The molecule has 11 heteroatoms. The van der Waals surface area contributed by atoms with E-state index in [0.717, 1.165) is 5.56 Å². The van der Waals surface area contributed by atoms with E-state index in [2.05, 4.69) is 26.2 Å². The summed E-state index contributed by atoms with van der Waals surface area (Å²) < 4.78 is 42.9. The molecule has 2 heterocycles. The number of hydrogen-bond donors (Lipinski definition) is 1. The van der Waals surface area contributed by atoms with Crippen molar-refractivity contribution in [2.75, 3.05) is 14.2 Å². The first-order valence-corrected chi connectivity index (χ1v) is 11.0. The third kappa shape index (κ3) is 3.66. The quantitative estimate of drug-likeness (QED) is 0.438. The third-order valence-electron chi connectivity index (χ3n) is 4.51. The van der Waals surface area contributed by atoms with E-state index < -0.39 is 10.0 Å². The molecule has 0 saturated heterocycles. The molecular weight excluding hydrogens is 476 g/mol. The molecule has 0 amide bonds. The van der Waals surface area contributed by atoms with Gasteiger partial charge in [-0.25, -0.2) is 13.6 Å². The van der Waals surface area contributed by atoms with Crippen molar-refractivity contribution in [2.45, 2.75) is 11.4 Å². The molecule has 0 bridgehead atoms. The molecular formula is C19H17BrN4O5S. The Kier molecular flexibility index (Phi) is 5.26. The fourth-order valence-corrected chi connectivity index (χ4v) is 4.63. The fraction of sp³-hybridized carbons (Fsp3) is 0.158. The van der Waals surface area contributed by atoms with Crippen LogP contribution in [0.1, 0.15) is 5.56 Å². The Labute approximate surface area is 180 Å². The van der Waals surface area contributed by atoms with Gasteiger partial charge in [-0.1, -0.05) is 21.1 Å². The summed E-state index contributed by atoms with van der Waals surface area (Å²) in [7, 11) is -1.14. The number of halogens is 1. The van der Waals surface area contributed by atoms with Crippen molar-refractivity contribution >= 4 is 36.9 Å². The van der Waals surface area contributed by atoms with Gasteiger partial charge in [0, 0.05) is 22.4 Å². The van der Waals surface area contributed by atoms with Gasteiger partial charge in [0.25, 0.3) is 0 Å². The SMILES string of the molecule is COc1c(-c2noc3cc(Cn4cccn4)cc(OC)c23)cc(Br)cc1S(N)(=O)=O. The van der Waals surface area contributed by atoms with Gasteiger partial charge in [0.05, 0.1) is 26.2 Å². The smallest absolute Gasteiger partial charge is 0.241 e. The Hall–Kier alpha value is -2.89. The number of methoxy groups -OCH3 is 2. The Morgan fingerprint density at radius 2 is 2.00 bits per heavy atom. The van der Waals surface area contributed by atoms with Crippen LogP contribution in [0, 0.1) is 0 Å². The molecule has 2 N–H and O–H groups in total. The molecule has 0 aliphatic rings. The van der Waals surface area contributed by atoms with Crippen molar-refractivity contribution in [2.24, 2.45) is 5.14 Å². The highest BCUT2D eigenvalue weighted by Crippen LogP contribution is 2.43. The van der Waals surface area contributed by atoms with E-state index in [4.69, 9.17) is 19.1 Å². The Morgan fingerprint density at radius 1 is 1.20 bits per heavy atom. The zero-order valence-corrected chi connectivity index (χ0v) is 18.4. The summed E-state index contributed by atoms with van der Waals surface area (Å²) in [5.41, 5.74) is 2.14. The molecule has 0 fully saturated rings. The van der Waals surface area contributed by atoms with Crippen molar-refractivity contribution in [3.8, 4) is 22.8 Å². The van der Waals surface area contributed by atoms with E-state index >= 15 is 0 Å². The van der Waals surface area contributed by atoms with Crippen LogP contribution in [0.2, 0.25) is 0 Å². The predicted molar refractivity (Wildman–Crippen MR) is 113 cm³/mol. The number of nitrogens with zero attached hydrogens (tertiary/aromatic N) is 3. The van der Waals surface area contributed by atoms with E-state index in [1.807, 2.05) is 24.4 Å². The molecule has 2 aromatic heterocycles. The van der Waals surface area contributed by atoms with Gasteiger partial charge in [-0.3, -0.25) is 4.68 Å². The van der Waals surface area contributed by atoms with Crippen molar-refractivity contribution < 1.29 is 22.4 Å². The van der Waals surface area contributed by atoms with E-state index in [1.54, 1.807) is 16.9 Å². The number of ether oxygens (including phenoxy) is 2. The van der Waals surface area contributed by atoms with Crippen molar-refractivity contribution in [1.82, 2.24) is 14.9 Å². The summed E-state index contributed by atoms with van der Waals surface area (Å²) in [4.78, 5) is -0.167. The predicted octanol–water partition coefficient (Wildman–Crippen LogP) is 3.17. The number of primary sulfonamides is 1. The van der Waals surface area contributed by atoms with Gasteiger partial charge in [-0.05, 0) is 35.9 Å². The minimum atomic E-state index is -4.04. The van der Waals surface area contributed by atoms with Gasteiger partial charge in [0.2, 0.25) is 10.0 Å². The van der Waals surface area contributed by atoms with Crippen LogP contribution in [0.3, 0.4) is 0 Å². The molecule has 0 aliphatic heterocycles. The maximum atomic E-state index is 12.1. The second-order valence-electron chi connectivity index (χ2n) is 6.44. The van der Waals surface area contributed by atoms with Crippen LogP contribution in [-0.4, -0.2) is 37.6 Å². The van der Waals surface area contributed by atoms with Crippen LogP contribution in [0.15, 0.2) is 56.6 Å². The highest BCUT2D eigenvalue weighted by atomic mass is 79.9. The highest BCUT2D eigenvalue weighted by Gasteiger charge is 2.25. The molecule has 4 rings (SSSR count). The van der Waals surface area contributed by atoms with Gasteiger partial charge < -0.3 is 14.0 Å². The Bertz CT molecular complexity index is 1330. The molecule has 0 spiro atoms. The maximum absolute atomic E-state index is 12.1. The lowest BCUT2D eigenvalue weighted by atomic mass is 10.0. The minimum absolute atomic E-state index is 0.0681. The molecule has 30 heavy (non-hydrogen) atoms. The van der Waals surface area contributed by atoms with Gasteiger partial charge in [-0.15, -0.1) is 0 Å². The average molecular weight is 493 g/mol. The second kappa shape index (κ2) is 7.74. The van der Waals surface area contributed by atoms with Crippen LogP contribution in [0.25, 0.3) is 22.2 Å². The summed E-state index contributed by atoms with van der Waals surface area (Å²) in [6.45, 7) is 0.519. The lowest BCUT2D eigenvalue weighted by Crippen LogP contribution is -2.14. The van der Waals surface area contributed by atoms with Crippen molar-refractivity contribution in [3.63, 3.8) is 0 Å². The molecule has 0 unspecified atom stereocenters. The first-order chi connectivity index (χ1) is 14.3. The highest BCUT2D eigenvalue weighted by molar-refractivity contribution is 9.10. The summed E-state index contributed by atoms with van der Waals surface area (Å²) in [5.74, 6) is 0.587. The Morgan fingerprint density at radius 3 is 2.63 bits per heavy atom. The molecule has 9 nitrogen and oxygen atoms in total. The van der Waals surface area contributed by atoms with Crippen LogP contribution < -0.4 is 14.6 Å². The van der Waals surface area contributed by atoms with Crippen LogP contribution >= 0.6 is 15.9 Å². The number of nitrogens with two attached hydrogens (primary N) is 1. The minimum Gasteiger partial charge on any atom is -0.496 e. The summed E-state index contributed by atoms with van der Waals surface area (Å²) in [6.07, 6.45) is 3.55. The number of fused-ring (bicyclic) bond motifs is 1. The number of hydrogen-bond acceptors (Lipinski definition) is 7. The summed E-state index contributed by atoms with van der Waals surface area (Å²) >= 11 is 3.32. The van der Waals surface area contributed by atoms with Crippen molar-refractivity contribution in [3.05, 3.63) is 52.8 Å². The zero-order valence-electron chi connectivity index (χ0n) is 16.0. The van der Waals surface area contributed by atoms with E-state index in [1.165, 1.54) is 20.3 Å². The topological polar surface area (TPSA) is 122 Å². The van der Waals surface area contributed by atoms with E-state index in [0.29, 0.717) is 39.0 Å². The third-order valence-corrected chi connectivity index (χ3v) is 5.88. The molecule has 0 saturated carbocycles. The number of rotatable bonds is 6. The second-order valence-corrected chi connectivity index (χ2v) is 8.88. The lowest BCUT2D eigenvalue weighted by Gasteiger charge is -2.13. The van der Waals surface area contributed by atoms with E-state index in [-0.39, 0.29) is 10.6 Å². The van der Waals surface area contributed by atoms with Crippen LogP contribution in [0.4, 0.5) is 0 Å².